The first-order valence-corrected chi connectivity index (χ1v) is 8.40. The van der Waals surface area contributed by atoms with Gasteiger partial charge in [0.15, 0.2) is 0 Å². The van der Waals surface area contributed by atoms with Crippen LogP contribution in [0.1, 0.15) is 26.7 Å². The SMILES string of the molecule is CC(C)CC(CO)(CO)N(CCO)C(O)CCS(=O)(=O)[O-]. The van der Waals surface area contributed by atoms with E-state index in [9.17, 15) is 28.3 Å². The van der Waals surface area contributed by atoms with E-state index in [0.717, 1.165) is 0 Å². The van der Waals surface area contributed by atoms with Crippen LogP contribution in [0, 0.1) is 5.92 Å². The number of rotatable bonds is 11. The Morgan fingerprint density at radius 1 is 1.19 bits per heavy atom. The van der Waals surface area contributed by atoms with Crippen LogP contribution in [0.4, 0.5) is 0 Å². The number of aliphatic hydroxyl groups is 4. The molecule has 0 aromatic heterocycles. The van der Waals surface area contributed by atoms with Gasteiger partial charge in [0.1, 0.15) is 6.23 Å². The molecule has 0 bridgehead atoms. The van der Waals surface area contributed by atoms with Crippen LogP contribution >= 0.6 is 0 Å². The lowest BCUT2D eigenvalue weighted by molar-refractivity contribution is -0.120. The summed E-state index contributed by atoms with van der Waals surface area (Å²) < 4.78 is 31.9. The molecule has 0 aliphatic carbocycles. The molecule has 9 heteroatoms. The molecule has 0 radical (unpaired) electrons. The Labute approximate surface area is 125 Å². The lowest BCUT2D eigenvalue weighted by Crippen LogP contribution is -2.60. The predicted molar refractivity (Wildman–Crippen MR) is 75.3 cm³/mol. The maximum Gasteiger partial charge on any atom is 0.109 e. The summed E-state index contributed by atoms with van der Waals surface area (Å²) in [6, 6.07) is 0. The average Bonchev–Trinajstić information content (AvgIpc) is 2.38. The molecule has 0 spiro atoms. The maximum atomic E-state index is 10.6. The highest BCUT2D eigenvalue weighted by Crippen LogP contribution is 2.26. The average molecular weight is 328 g/mol. The van der Waals surface area contributed by atoms with Crippen LogP contribution in [0.2, 0.25) is 0 Å². The maximum absolute atomic E-state index is 10.6. The van der Waals surface area contributed by atoms with Crippen LogP contribution in [-0.2, 0) is 10.1 Å². The first-order valence-electron chi connectivity index (χ1n) is 6.83. The van der Waals surface area contributed by atoms with E-state index in [2.05, 4.69) is 0 Å². The zero-order chi connectivity index (χ0) is 16.7. The van der Waals surface area contributed by atoms with Crippen molar-refractivity contribution < 1.29 is 33.4 Å². The smallest absolute Gasteiger partial charge is 0.109 e. The Bertz CT molecular complexity index is 381. The summed E-state index contributed by atoms with van der Waals surface area (Å²) in [4.78, 5) is 1.26. The number of hydrogen-bond acceptors (Lipinski definition) is 8. The number of nitrogens with zero attached hydrogens (tertiary/aromatic N) is 1. The summed E-state index contributed by atoms with van der Waals surface area (Å²) in [6.07, 6.45) is -1.38. The highest BCUT2D eigenvalue weighted by atomic mass is 32.2. The van der Waals surface area contributed by atoms with Crippen LogP contribution < -0.4 is 0 Å². The highest BCUT2D eigenvalue weighted by Gasteiger charge is 2.39. The second kappa shape index (κ2) is 8.99. The van der Waals surface area contributed by atoms with Crippen molar-refractivity contribution in [1.29, 1.82) is 0 Å². The Morgan fingerprint density at radius 3 is 2.05 bits per heavy atom. The van der Waals surface area contributed by atoms with Gasteiger partial charge in [-0.05, 0) is 18.8 Å². The van der Waals surface area contributed by atoms with Crippen molar-refractivity contribution in [1.82, 2.24) is 4.90 Å². The van der Waals surface area contributed by atoms with Crippen molar-refractivity contribution >= 4 is 10.1 Å². The summed E-state index contributed by atoms with van der Waals surface area (Å²) >= 11 is 0. The molecule has 0 aliphatic rings. The fourth-order valence-corrected chi connectivity index (χ4v) is 2.95. The molecule has 0 rings (SSSR count). The first kappa shape index (κ1) is 20.7. The largest absolute Gasteiger partial charge is 0.748 e. The van der Waals surface area contributed by atoms with Crippen molar-refractivity contribution in [3.63, 3.8) is 0 Å². The Balaban J connectivity index is 5.20. The van der Waals surface area contributed by atoms with Gasteiger partial charge in [-0.2, -0.15) is 0 Å². The quantitative estimate of drug-likeness (QED) is 0.260. The van der Waals surface area contributed by atoms with E-state index in [1.807, 2.05) is 13.8 Å². The van der Waals surface area contributed by atoms with Gasteiger partial charge in [0, 0.05) is 12.3 Å². The van der Waals surface area contributed by atoms with Gasteiger partial charge in [0.05, 0.1) is 35.5 Å². The zero-order valence-corrected chi connectivity index (χ0v) is 13.3. The number of hydrogen-bond donors (Lipinski definition) is 4. The number of aliphatic hydroxyl groups excluding tert-OH is 4. The van der Waals surface area contributed by atoms with Crippen LogP contribution in [-0.4, -0.2) is 82.2 Å². The summed E-state index contributed by atoms with van der Waals surface area (Å²) in [7, 11) is -4.47. The van der Waals surface area contributed by atoms with Crippen molar-refractivity contribution in [2.45, 2.75) is 38.5 Å². The highest BCUT2D eigenvalue weighted by molar-refractivity contribution is 7.85. The zero-order valence-electron chi connectivity index (χ0n) is 12.5. The van der Waals surface area contributed by atoms with Crippen molar-refractivity contribution in [3.05, 3.63) is 0 Å². The van der Waals surface area contributed by atoms with E-state index in [-0.39, 0.29) is 25.5 Å². The molecular weight excluding hydrogens is 302 g/mol. The monoisotopic (exact) mass is 328 g/mol. The Hall–Kier alpha value is -0.290. The summed E-state index contributed by atoms with van der Waals surface area (Å²) in [5.41, 5.74) is -1.19. The lowest BCUT2D eigenvalue weighted by atomic mass is 9.87. The first-order chi connectivity index (χ1) is 9.61. The minimum Gasteiger partial charge on any atom is -0.748 e. The van der Waals surface area contributed by atoms with Crippen LogP contribution in [0.3, 0.4) is 0 Å². The van der Waals surface area contributed by atoms with E-state index < -0.39 is 40.9 Å². The molecule has 1 unspecified atom stereocenters. The van der Waals surface area contributed by atoms with Gasteiger partial charge < -0.3 is 25.0 Å². The lowest BCUT2D eigenvalue weighted by Gasteiger charge is -2.45. The summed E-state index contributed by atoms with van der Waals surface area (Å²) in [5.74, 6) is -0.675. The fraction of sp³-hybridized carbons (Fsp3) is 1.00. The van der Waals surface area contributed by atoms with Crippen LogP contribution in [0.15, 0.2) is 0 Å². The van der Waals surface area contributed by atoms with Gasteiger partial charge in [-0.15, -0.1) is 0 Å². The second-order valence-electron chi connectivity index (χ2n) is 5.59. The van der Waals surface area contributed by atoms with Crippen molar-refractivity contribution in [3.8, 4) is 0 Å². The van der Waals surface area contributed by atoms with E-state index in [4.69, 9.17) is 5.11 Å². The summed E-state index contributed by atoms with van der Waals surface area (Å²) in [6.45, 7) is 2.39. The third-order valence-corrected chi connectivity index (χ3v) is 4.05. The molecule has 0 aliphatic heterocycles. The third kappa shape index (κ3) is 7.00. The van der Waals surface area contributed by atoms with E-state index in [0.29, 0.717) is 6.42 Å². The molecule has 0 saturated heterocycles. The molecule has 0 aromatic rings. The van der Waals surface area contributed by atoms with Crippen molar-refractivity contribution in [2.24, 2.45) is 5.92 Å². The molecule has 1 atom stereocenters. The Kier molecular flexibility index (Phi) is 8.86. The molecule has 4 N–H and O–H groups in total. The van der Waals surface area contributed by atoms with Gasteiger partial charge in [-0.3, -0.25) is 4.90 Å². The standard InChI is InChI=1S/C12H27NO7S/c1-10(2)7-12(8-15,9-16)13(4-5-14)11(17)3-6-21(18,19)20/h10-11,14-17H,3-9H2,1-2H3,(H,18,19,20)/p-1. The van der Waals surface area contributed by atoms with E-state index in [1.54, 1.807) is 0 Å². The fourth-order valence-electron chi connectivity index (χ4n) is 2.45. The molecule has 0 heterocycles. The van der Waals surface area contributed by atoms with Crippen LogP contribution in [0.25, 0.3) is 0 Å². The summed E-state index contributed by atoms with van der Waals surface area (Å²) in [5, 5.41) is 38.5. The van der Waals surface area contributed by atoms with Gasteiger partial charge in [0.25, 0.3) is 0 Å². The van der Waals surface area contributed by atoms with E-state index >= 15 is 0 Å². The minimum atomic E-state index is -4.47. The Morgan fingerprint density at radius 2 is 1.71 bits per heavy atom. The van der Waals surface area contributed by atoms with Gasteiger partial charge in [-0.1, -0.05) is 13.8 Å². The van der Waals surface area contributed by atoms with E-state index in [1.165, 1.54) is 4.90 Å². The van der Waals surface area contributed by atoms with Crippen LogP contribution in [0.5, 0.6) is 0 Å². The van der Waals surface area contributed by atoms with Crippen molar-refractivity contribution in [2.75, 3.05) is 32.1 Å². The molecule has 0 amide bonds. The third-order valence-electron chi connectivity index (χ3n) is 3.31. The second-order valence-corrected chi connectivity index (χ2v) is 7.11. The normalized spacial score (nSPS) is 14.9. The molecule has 128 valence electrons. The number of β-amino-alcohol motifs (C(OH)–C–C–N with tert-alkyl or cyclic N) is 1. The molecule has 8 nitrogen and oxygen atoms in total. The van der Waals surface area contributed by atoms with Gasteiger partial charge in [0.2, 0.25) is 0 Å². The molecule has 21 heavy (non-hydrogen) atoms. The minimum absolute atomic E-state index is 0.0616. The topological polar surface area (TPSA) is 141 Å². The molecule has 0 fully saturated rings. The van der Waals surface area contributed by atoms with Gasteiger partial charge >= 0.3 is 0 Å². The molecule has 0 aromatic carbocycles. The van der Waals surface area contributed by atoms with Gasteiger partial charge in [-0.25, -0.2) is 8.42 Å². The molecular formula is C12H26NO7S-. The molecule has 0 saturated carbocycles. The predicted octanol–water partition coefficient (Wildman–Crippen LogP) is -1.70.